The third-order valence-corrected chi connectivity index (χ3v) is 6.48. The first-order valence-corrected chi connectivity index (χ1v) is 9.43. The van der Waals surface area contributed by atoms with Crippen molar-refractivity contribution in [2.75, 3.05) is 37.3 Å². The van der Waals surface area contributed by atoms with Gasteiger partial charge in [-0.05, 0) is 37.8 Å². The Kier molecular flexibility index (Phi) is 4.38. The fourth-order valence-electron chi connectivity index (χ4n) is 3.31. The van der Waals surface area contributed by atoms with Crippen molar-refractivity contribution < 1.29 is 13.2 Å². The summed E-state index contributed by atoms with van der Waals surface area (Å²) in [6, 6.07) is 5.79. The maximum atomic E-state index is 11.9. The number of ether oxygens (including phenoxy) is 1. The minimum atomic E-state index is -3.08. The quantitative estimate of drug-likeness (QED) is 0.854. The van der Waals surface area contributed by atoms with E-state index >= 15 is 0 Å². The lowest BCUT2D eigenvalue weighted by molar-refractivity contribution is -0.102. The van der Waals surface area contributed by atoms with E-state index in [2.05, 4.69) is 10.3 Å². The summed E-state index contributed by atoms with van der Waals surface area (Å²) < 4.78 is 31.2. The van der Waals surface area contributed by atoms with E-state index in [0.717, 1.165) is 31.8 Å². The number of rotatable bonds is 6. The van der Waals surface area contributed by atoms with Crippen molar-refractivity contribution >= 4 is 15.8 Å². The molecule has 0 aromatic carbocycles. The fourth-order valence-corrected chi connectivity index (χ4v) is 4.51. The van der Waals surface area contributed by atoms with Crippen molar-refractivity contribution in [1.29, 1.82) is 0 Å². The standard InChI is InChI=1S/C15H23N3O3S/c1-2-22(19,20)18-11-15(12-18)13(7-10-21-15)6-9-17-14-5-3-4-8-16-14/h3-5,8,13H,2,6-7,9-12H2,1H3,(H,16,17). The maximum Gasteiger partial charge on any atom is 0.214 e. The molecule has 1 aromatic heterocycles. The molecular weight excluding hydrogens is 302 g/mol. The van der Waals surface area contributed by atoms with E-state index in [1.54, 1.807) is 17.4 Å². The largest absolute Gasteiger partial charge is 0.372 e. The van der Waals surface area contributed by atoms with Gasteiger partial charge in [-0.2, -0.15) is 4.31 Å². The third-order valence-electron chi connectivity index (χ3n) is 4.71. The summed E-state index contributed by atoms with van der Waals surface area (Å²) in [7, 11) is -3.08. The van der Waals surface area contributed by atoms with Crippen molar-refractivity contribution in [3.8, 4) is 0 Å². The highest BCUT2D eigenvalue weighted by Gasteiger charge is 2.55. The smallest absolute Gasteiger partial charge is 0.214 e. The van der Waals surface area contributed by atoms with Gasteiger partial charge < -0.3 is 10.1 Å². The summed E-state index contributed by atoms with van der Waals surface area (Å²) in [4.78, 5) is 4.24. The van der Waals surface area contributed by atoms with Crippen LogP contribution >= 0.6 is 0 Å². The van der Waals surface area contributed by atoms with Gasteiger partial charge in [-0.3, -0.25) is 0 Å². The summed E-state index contributed by atoms with van der Waals surface area (Å²) in [6.45, 7) is 4.26. The first-order chi connectivity index (χ1) is 10.6. The number of hydrogen-bond donors (Lipinski definition) is 1. The second-order valence-corrected chi connectivity index (χ2v) is 8.26. The predicted molar refractivity (Wildman–Crippen MR) is 85.2 cm³/mol. The van der Waals surface area contributed by atoms with Crippen molar-refractivity contribution in [2.24, 2.45) is 5.92 Å². The van der Waals surface area contributed by atoms with Crippen LogP contribution in [-0.2, 0) is 14.8 Å². The molecule has 0 radical (unpaired) electrons. The van der Waals surface area contributed by atoms with Gasteiger partial charge in [-0.25, -0.2) is 13.4 Å². The molecule has 2 fully saturated rings. The van der Waals surface area contributed by atoms with Crippen LogP contribution in [0.1, 0.15) is 19.8 Å². The molecule has 0 saturated carbocycles. The highest BCUT2D eigenvalue weighted by molar-refractivity contribution is 7.89. The molecule has 3 heterocycles. The molecule has 7 heteroatoms. The van der Waals surface area contributed by atoms with E-state index in [9.17, 15) is 8.42 Å². The number of nitrogens with zero attached hydrogens (tertiary/aromatic N) is 2. The lowest BCUT2D eigenvalue weighted by Gasteiger charge is -2.49. The molecule has 0 amide bonds. The molecule has 2 aliphatic heterocycles. The Balaban J connectivity index is 1.52. The molecule has 1 aromatic rings. The second kappa shape index (κ2) is 6.14. The Bertz CT molecular complexity index is 600. The van der Waals surface area contributed by atoms with E-state index in [0.29, 0.717) is 19.0 Å². The zero-order valence-corrected chi connectivity index (χ0v) is 13.7. The highest BCUT2D eigenvalue weighted by Crippen LogP contribution is 2.42. The molecular formula is C15H23N3O3S. The SMILES string of the molecule is CCS(=O)(=O)N1CC2(C1)OCCC2CCNc1ccccn1. The molecule has 2 saturated heterocycles. The summed E-state index contributed by atoms with van der Waals surface area (Å²) in [6.07, 6.45) is 3.74. The minimum absolute atomic E-state index is 0.162. The molecule has 22 heavy (non-hydrogen) atoms. The number of hydrogen-bond acceptors (Lipinski definition) is 5. The summed E-state index contributed by atoms with van der Waals surface area (Å²) in [5.41, 5.74) is -0.256. The molecule has 1 atom stereocenters. The van der Waals surface area contributed by atoms with Gasteiger partial charge in [0, 0.05) is 32.4 Å². The molecule has 3 rings (SSSR count). The van der Waals surface area contributed by atoms with Crippen LogP contribution in [0.15, 0.2) is 24.4 Å². The van der Waals surface area contributed by atoms with E-state index in [4.69, 9.17) is 4.74 Å². The van der Waals surface area contributed by atoms with Gasteiger partial charge >= 0.3 is 0 Å². The van der Waals surface area contributed by atoms with Crippen molar-refractivity contribution in [3.05, 3.63) is 24.4 Å². The highest BCUT2D eigenvalue weighted by atomic mass is 32.2. The zero-order valence-electron chi connectivity index (χ0n) is 12.9. The molecule has 0 aliphatic carbocycles. The Morgan fingerprint density at radius 2 is 2.27 bits per heavy atom. The van der Waals surface area contributed by atoms with Gasteiger partial charge in [0.2, 0.25) is 10.0 Å². The van der Waals surface area contributed by atoms with Crippen LogP contribution in [0.2, 0.25) is 0 Å². The molecule has 122 valence electrons. The van der Waals surface area contributed by atoms with Crippen molar-refractivity contribution in [1.82, 2.24) is 9.29 Å². The monoisotopic (exact) mass is 325 g/mol. The molecule has 2 aliphatic rings. The molecule has 1 unspecified atom stereocenters. The topological polar surface area (TPSA) is 71.5 Å². The lowest BCUT2D eigenvalue weighted by Crippen LogP contribution is -2.66. The predicted octanol–water partition coefficient (Wildman–Crippen LogP) is 1.32. The fraction of sp³-hybridized carbons (Fsp3) is 0.667. The summed E-state index contributed by atoms with van der Waals surface area (Å²) >= 11 is 0. The summed E-state index contributed by atoms with van der Waals surface area (Å²) in [5, 5.41) is 3.31. The van der Waals surface area contributed by atoms with Crippen LogP contribution in [0, 0.1) is 5.92 Å². The lowest BCUT2D eigenvalue weighted by atomic mass is 9.80. The zero-order chi connectivity index (χ0) is 15.6. The van der Waals surface area contributed by atoms with Crippen LogP contribution < -0.4 is 5.32 Å². The van der Waals surface area contributed by atoms with Crippen LogP contribution in [-0.4, -0.2) is 55.3 Å². The second-order valence-electron chi connectivity index (χ2n) is 6.00. The van der Waals surface area contributed by atoms with E-state index in [1.807, 2.05) is 18.2 Å². The molecule has 1 spiro atoms. The van der Waals surface area contributed by atoms with Crippen LogP contribution in [0.25, 0.3) is 0 Å². The Morgan fingerprint density at radius 3 is 2.95 bits per heavy atom. The van der Waals surface area contributed by atoms with E-state index in [-0.39, 0.29) is 11.4 Å². The van der Waals surface area contributed by atoms with Crippen molar-refractivity contribution in [2.45, 2.75) is 25.4 Å². The number of nitrogens with one attached hydrogen (secondary N) is 1. The van der Waals surface area contributed by atoms with Gasteiger partial charge in [0.05, 0.1) is 11.4 Å². The van der Waals surface area contributed by atoms with Gasteiger partial charge in [0.15, 0.2) is 0 Å². The molecule has 6 nitrogen and oxygen atoms in total. The maximum absolute atomic E-state index is 11.9. The van der Waals surface area contributed by atoms with Gasteiger partial charge in [-0.1, -0.05) is 6.07 Å². The van der Waals surface area contributed by atoms with Gasteiger partial charge in [0.25, 0.3) is 0 Å². The average molecular weight is 325 g/mol. The number of anilines is 1. The number of pyridine rings is 1. The van der Waals surface area contributed by atoms with Gasteiger partial charge in [-0.15, -0.1) is 0 Å². The van der Waals surface area contributed by atoms with Crippen molar-refractivity contribution in [3.63, 3.8) is 0 Å². The number of sulfonamides is 1. The Hall–Kier alpha value is -1.18. The Labute approximate surface area is 131 Å². The van der Waals surface area contributed by atoms with E-state index < -0.39 is 10.0 Å². The molecule has 1 N–H and O–H groups in total. The first kappa shape index (κ1) is 15.7. The van der Waals surface area contributed by atoms with E-state index in [1.165, 1.54) is 0 Å². The van der Waals surface area contributed by atoms with Crippen LogP contribution in [0.3, 0.4) is 0 Å². The number of aromatic nitrogens is 1. The minimum Gasteiger partial charge on any atom is -0.372 e. The normalized spacial score (nSPS) is 24.3. The van der Waals surface area contributed by atoms with Crippen LogP contribution in [0.5, 0.6) is 0 Å². The Morgan fingerprint density at radius 1 is 1.45 bits per heavy atom. The average Bonchev–Trinajstić information content (AvgIpc) is 2.91. The van der Waals surface area contributed by atoms with Gasteiger partial charge in [0.1, 0.15) is 5.82 Å². The van der Waals surface area contributed by atoms with Crippen LogP contribution in [0.4, 0.5) is 5.82 Å². The summed E-state index contributed by atoms with van der Waals surface area (Å²) in [5.74, 6) is 1.45. The first-order valence-electron chi connectivity index (χ1n) is 7.82. The third kappa shape index (κ3) is 2.98. The molecule has 0 bridgehead atoms.